The molecule has 1 N–H and O–H groups in total. The third-order valence-corrected chi connectivity index (χ3v) is 6.21. The Morgan fingerprint density at radius 1 is 1.12 bits per heavy atom. The van der Waals surface area contributed by atoms with E-state index in [9.17, 15) is 0 Å². The Bertz CT molecular complexity index is 756. The highest BCUT2D eigenvalue weighted by molar-refractivity contribution is 7.99. The molecule has 0 radical (unpaired) electrons. The second-order valence-corrected chi connectivity index (χ2v) is 8.54. The molecule has 0 spiro atoms. The number of rotatable bonds is 5. The van der Waals surface area contributed by atoms with Crippen molar-refractivity contribution in [3.05, 3.63) is 42.5 Å². The van der Waals surface area contributed by atoms with Crippen LogP contribution in [0.4, 0.5) is 11.4 Å². The fraction of sp³-hybridized carbons (Fsp3) is 0.455. The summed E-state index contributed by atoms with van der Waals surface area (Å²) in [6, 6.07) is 15.9. The van der Waals surface area contributed by atoms with Crippen LogP contribution in [0.25, 0.3) is 0 Å². The third kappa shape index (κ3) is 3.86. The SMILES string of the molecule is CC(C)Oc1ccc2c(c1)N(CC[C@@H]1CCCCN1)c1ccccc1S2. The van der Waals surface area contributed by atoms with E-state index in [0.717, 1.165) is 12.3 Å². The van der Waals surface area contributed by atoms with Crippen molar-refractivity contribution >= 4 is 23.1 Å². The van der Waals surface area contributed by atoms with Crippen LogP contribution in [0.15, 0.2) is 52.3 Å². The van der Waals surface area contributed by atoms with E-state index in [1.807, 2.05) is 11.8 Å². The zero-order valence-electron chi connectivity index (χ0n) is 15.7. The summed E-state index contributed by atoms with van der Waals surface area (Å²) >= 11 is 1.86. The Hall–Kier alpha value is -1.65. The van der Waals surface area contributed by atoms with Crippen molar-refractivity contribution in [2.45, 2.75) is 61.5 Å². The van der Waals surface area contributed by atoms with Gasteiger partial charge in [-0.25, -0.2) is 0 Å². The Labute approximate surface area is 161 Å². The van der Waals surface area contributed by atoms with Crippen molar-refractivity contribution in [1.29, 1.82) is 0 Å². The predicted octanol–water partition coefficient (Wildman–Crippen LogP) is 5.61. The average Bonchev–Trinajstić information content (AvgIpc) is 2.66. The molecule has 0 aliphatic carbocycles. The molecule has 26 heavy (non-hydrogen) atoms. The van der Waals surface area contributed by atoms with Crippen LogP contribution in [-0.2, 0) is 0 Å². The molecule has 0 bridgehead atoms. The van der Waals surface area contributed by atoms with Gasteiger partial charge >= 0.3 is 0 Å². The lowest BCUT2D eigenvalue weighted by molar-refractivity contribution is 0.242. The summed E-state index contributed by atoms with van der Waals surface area (Å²) in [7, 11) is 0. The molecule has 4 rings (SSSR count). The quantitative estimate of drug-likeness (QED) is 0.741. The van der Waals surface area contributed by atoms with Crippen LogP contribution in [0.5, 0.6) is 5.75 Å². The molecule has 0 amide bonds. The molecule has 0 aromatic heterocycles. The third-order valence-electron chi connectivity index (χ3n) is 5.08. The molecular formula is C22H28N2OS. The highest BCUT2D eigenvalue weighted by Gasteiger charge is 2.25. The van der Waals surface area contributed by atoms with Crippen molar-refractivity contribution in [1.82, 2.24) is 5.32 Å². The average molecular weight is 369 g/mol. The van der Waals surface area contributed by atoms with Crippen LogP contribution >= 0.6 is 11.8 Å². The molecule has 1 atom stereocenters. The highest BCUT2D eigenvalue weighted by Crippen LogP contribution is 2.49. The fourth-order valence-corrected chi connectivity index (χ4v) is 4.93. The first kappa shape index (κ1) is 17.7. The van der Waals surface area contributed by atoms with E-state index < -0.39 is 0 Å². The molecular weight excluding hydrogens is 340 g/mol. The molecule has 4 heteroatoms. The largest absolute Gasteiger partial charge is 0.491 e. The van der Waals surface area contributed by atoms with E-state index in [2.05, 4.69) is 66.5 Å². The Balaban J connectivity index is 1.62. The minimum atomic E-state index is 0.191. The first-order valence-electron chi connectivity index (χ1n) is 9.79. The number of nitrogens with one attached hydrogen (secondary N) is 1. The van der Waals surface area contributed by atoms with Gasteiger partial charge in [-0.2, -0.15) is 0 Å². The van der Waals surface area contributed by atoms with Crippen molar-refractivity contribution < 1.29 is 4.74 Å². The molecule has 2 aliphatic rings. The van der Waals surface area contributed by atoms with Crippen LogP contribution in [0.3, 0.4) is 0 Å². The summed E-state index contributed by atoms with van der Waals surface area (Å²) < 4.78 is 5.96. The molecule has 138 valence electrons. The molecule has 3 nitrogen and oxygen atoms in total. The normalized spacial score (nSPS) is 19.2. The van der Waals surface area contributed by atoms with Gasteiger partial charge in [-0.3, -0.25) is 0 Å². The van der Waals surface area contributed by atoms with Crippen LogP contribution in [-0.4, -0.2) is 25.2 Å². The second-order valence-electron chi connectivity index (χ2n) is 7.45. The van der Waals surface area contributed by atoms with Gasteiger partial charge in [0.1, 0.15) is 5.75 Å². The lowest BCUT2D eigenvalue weighted by Crippen LogP contribution is -2.37. The zero-order valence-corrected chi connectivity index (χ0v) is 16.5. The standard InChI is InChI=1S/C22H28N2OS/c1-16(2)25-18-10-11-22-20(15-18)24(14-12-17-7-5-6-13-23-17)19-8-3-4-9-21(19)26-22/h3-4,8-11,15-17,23H,5-7,12-14H2,1-2H3/t17-/m0/s1. The van der Waals surface area contributed by atoms with Gasteiger partial charge in [-0.15, -0.1) is 0 Å². The lowest BCUT2D eigenvalue weighted by Gasteiger charge is -2.35. The van der Waals surface area contributed by atoms with Crippen LogP contribution < -0.4 is 15.0 Å². The van der Waals surface area contributed by atoms with Crippen LogP contribution in [0.2, 0.25) is 0 Å². The van der Waals surface area contributed by atoms with Gasteiger partial charge in [-0.1, -0.05) is 30.3 Å². The Morgan fingerprint density at radius 3 is 2.77 bits per heavy atom. The number of ether oxygens (including phenoxy) is 1. The van der Waals surface area contributed by atoms with Gasteiger partial charge in [0.15, 0.2) is 0 Å². The summed E-state index contributed by atoms with van der Waals surface area (Å²) in [5.74, 6) is 0.958. The maximum absolute atomic E-state index is 5.96. The minimum Gasteiger partial charge on any atom is -0.491 e. The second kappa shape index (κ2) is 7.93. The lowest BCUT2D eigenvalue weighted by atomic mass is 10.0. The van der Waals surface area contributed by atoms with Gasteiger partial charge in [0, 0.05) is 28.4 Å². The van der Waals surface area contributed by atoms with E-state index in [-0.39, 0.29) is 6.10 Å². The van der Waals surface area contributed by atoms with E-state index in [0.29, 0.717) is 6.04 Å². The molecule has 1 saturated heterocycles. The fourth-order valence-electron chi connectivity index (χ4n) is 3.85. The minimum absolute atomic E-state index is 0.191. The Morgan fingerprint density at radius 2 is 1.96 bits per heavy atom. The van der Waals surface area contributed by atoms with Crippen molar-refractivity contribution in [3.8, 4) is 5.75 Å². The van der Waals surface area contributed by atoms with Gasteiger partial charge in [0.25, 0.3) is 0 Å². The van der Waals surface area contributed by atoms with Gasteiger partial charge in [0.2, 0.25) is 0 Å². The molecule has 0 saturated carbocycles. The van der Waals surface area contributed by atoms with Crippen molar-refractivity contribution in [3.63, 3.8) is 0 Å². The van der Waals surface area contributed by atoms with Gasteiger partial charge in [-0.05, 0) is 63.9 Å². The number of benzene rings is 2. The summed E-state index contributed by atoms with van der Waals surface area (Å²) in [4.78, 5) is 5.15. The maximum atomic E-state index is 5.96. The van der Waals surface area contributed by atoms with E-state index >= 15 is 0 Å². The van der Waals surface area contributed by atoms with E-state index in [1.54, 1.807) is 0 Å². The number of hydrogen-bond acceptors (Lipinski definition) is 4. The summed E-state index contributed by atoms with van der Waals surface area (Å²) in [6.45, 7) is 6.36. The predicted molar refractivity (Wildman–Crippen MR) is 110 cm³/mol. The van der Waals surface area contributed by atoms with Crippen molar-refractivity contribution in [2.24, 2.45) is 0 Å². The molecule has 2 aromatic carbocycles. The monoisotopic (exact) mass is 368 g/mol. The van der Waals surface area contributed by atoms with Gasteiger partial charge in [0.05, 0.1) is 17.5 Å². The number of anilines is 2. The van der Waals surface area contributed by atoms with Crippen LogP contribution in [0.1, 0.15) is 39.5 Å². The number of piperidine rings is 1. The highest BCUT2D eigenvalue weighted by atomic mass is 32.2. The molecule has 0 unspecified atom stereocenters. The van der Waals surface area contributed by atoms with E-state index in [1.165, 1.54) is 53.4 Å². The molecule has 2 heterocycles. The summed E-state index contributed by atoms with van der Waals surface area (Å²) in [6.07, 6.45) is 5.34. The smallest absolute Gasteiger partial charge is 0.121 e. The van der Waals surface area contributed by atoms with Crippen molar-refractivity contribution in [2.75, 3.05) is 18.0 Å². The van der Waals surface area contributed by atoms with Gasteiger partial charge < -0.3 is 15.0 Å². The molecule has 2 aliphatic heterocycles. The summed E-state index contributed by atoms with van der Waals surface area (Å²) in [5, 5.41) is 3.69. The summed E-state index contributed by atoms with van der Waals surface area (Å²) in [5.41, 5.74) is 2.60. The maximum Gasteiger partial charge on any atom is 0.121 e. The zero-order chi connectivity index (χ0) is 17.9. The number of hydrogen-bond donors (Lipinski definition) is 1. The number of fused-ring (bicyclic) bond motifs is 2. The molecule has 1 fully saturated rings. The molecule has 2 aromatic rings. The first-order chi connectivity index (χ1) is 12.7. The first-order valence-corrected chi connectivity index (χ1v) is 10.6. The number of para-hydroxylation sites is 1. The number of nitrogens with zero attached hydrogens (tertiary/aromatic N) is 1. The van der Waals surface area contributed by atoms with E-state index in [4.69, 9.17) is 4.74 Å². The van der Waals surface area contributed by atoms with Crippen LogP contribution in [0, 0.1) is 0 Å². The topological polar surface area (TPSA) is 24.5 Å². The Kier molecular flexibility index (Phi) is 5.41.